The first-order chi connectivity index (χ1) is 9.50. The van der Waals surface area contributed by atoms with Gasteiger partial charge in [0, 0.05) is 29.2 Å². The summed E-state index contributed by atoms with van der Waals surface area (Å²) in [6.45, 7) is 0. The van der Waals surface area contributed by atoms with Crippen molar-refractivity contribution < 1.29 is 4.79 Å². The lowest BCUT2D eigenvalue weighted by molar-refractivity contribution is 0.0544. The molecule has 0 bridgehead atoms. The minimum atomic E-state index is 0. The summed E-state index contributed by atoms with van der Waals surface area (Å²) >= 11 is 3.41. The summed E-state index contributed by atoms with van der Waals surface area (Å²) in [5.74, 6) is 0.122. The highest BCUT2D eigenvalue weighted by atomic mass is 79.9. The molecular formula is C16H24BrClN2O. The normalized spacial score (nSPS) is 21.8. The molecule has 5 heteroatoms. The highest BCUT2D eigenvalue weighted by molar-refractivity contribution is 9.10. The van der Waals surface area contributed by atoms with E-state index in [1.165, 1.54) is 19.3 Å². The van der Waals surface area contributed by atoms with Crippen LogP contribution >= 0.6 is 28.3 Å². The van der Waals surface area contributed by atoms with Gasteiger partial charge in [0.05, 0.1) is 0 Å². The Hall–Kier alpha value is -0.580. The van der Waals surface area contributed by atoms with Gasteiger partial charge in [0.15, 0.2) is 0 Å². The van der Waals surface area contributed by atoms with Crippen LogP contribution in [0.2, 0.25) is 0 Å². The summed E-state index contributed by atoms with van der Waals surface area (Å²) in [7, 11) is 6.17. The third-order valence-corrected chi connectivity index (χ3v) is 4.79. The Morgan fingerprint density at radius 1 is 1.05 bits per heavy atom. The lowest BCUT2D eigenvalue weighted by atomic mass is 9.88. The van der Waals surface area contributed by atoms with E-state index in [4.69, 9.17) is 0 Å². The quantitative estimate of drug-likeness (QED) is 0.802. The van der Waals surface area contributed by atoms with Crippen molar-refractivity contribution >= 4 is 34.2 Å². The van der Waals surface area contributed by atoms with E-state index in [9.17, 15) is 4.79 Å². The van der Waals surface area contributed by atoms with Crippen LogP contribution in [-0.4, -0.2) is 48.9 Å². The van der Waals surface area contributed by atoms with E-state index in [0.717, 1.165) is 16.5 Å². The van der Waals surface area contributed by atoms with E-state index in [-0.39, 0.29) is 18.3 Å². The Balaban J connectivity index is 0.00000220. The van der Waals surface area contributed by atoms with Crippen molar-refractivity contribution in [1.29, 1.82) is 0 Å². The number of benzene rings is 1. The van der Waals surface area contributed by atoms with Gasteiger partial charge in [-0.25, -0.2) is 0 Å². The first-order valence-electron chi connectivity index (χ1n) is 7.20. The fourth-order valence-electron chi connectivity index (χ4n) is 3.09. The lowest BCUT2D eigenvalue weighted by Crippen LogP contribution is -2.51. The summed E-state index contributed by atoms with van der Waals surface area (Å²) in [6.07, 6.45) is 4.75. The fraction of sp³-hybridized carbons (Fsp3) is 0.562. The molecule has 0 aromatic heterocycles. The monoisotopic (exact) mass is 374 g/mol. The average Bonchev–Trinajstić information content (AvgIpc) is 2.46. The number of halogens is 2. The summed E-state index contributed by atoms with van der Waals surface area (Å²) in [6, 6.07) is 8.40. The maximum Gasteiger partial charge on any atom is 0.253 e. The predicted molar refractivity (Wildman–Crippen MR) is 93.2 cm³/mol. The molecule has 1 aromatic carbocycles. The number of nitrogens with zero attached hydrogens (tertiary/aromatic N) is 2. The molecule has 1 saturated carbocycles. The maximum atomic E-state index is 12.6. The number of carbonyl (C=O) groups is 1. The molecule has 3 nitrogen and oxygen atoms in total. The Kier molecular flexibility index (Phi) is 7.17. The molecule has 2 rings (SSSR count). The van der Waals surface area contributed by atoms with Gasteiger partial charge in [-0.1, -0.05) is 28.8 Å². The molecule has 0 spiro atoms. The first kappa shape index (κ1) is 18.5. The molecule has 1 amide bonds. The van der Waals surface area contributed by atoms with Crippen LogP contribution in [0.1, 0.15) is 36.0 Å². The van der Waals surface area contributed by atoms with Gasteiger partial charge in [0.25, 0.3) is 5.91 Å². The van der Waals surface area contributed by atoms with Gasteiger partial charge in [-0.2, -0.15) is 0 Å². The van der Waals surface area contributed by atoms with Gasteiger partial charge in [-0.15, -0.1) is 12.4 Å². The first-order valence-corrected chi connectivity index (χ1v) is 7.99. The number of carbonyl (C=O) groups excluding carboxylic acids is 1. The van der Waals surface area contributed by atoms with Crippen molar-refractivity contribution in [3.63, 3.8) is 0 Å². The van der Waals surface area contributed by atoms with Gasteiger partial charge >= 0.3 is 0 Å². The summed E-state index contributed by atoms with van der Waals surface area (Å²) in [4.78, 5) is 16.8. The van der Waals surface area contributed by atoms with Crippen molar-refractivity contribution in [3.8, 4) is 0 Å². The van der Waals surface area contributed by atoms with Gasteiger partial charge in [0.2, 0.25) is 0 Å². The number of likely N-dealkylation sites (N-methyl/N-ethyl adjacent to an activating group) is 2. The number of hydrogen-bond donors (Lipinski definition) is 0. The Morgan fingerprint density at radius 3 is 2.10 bits per heavy atom. The van der Waals surface area contributed by atoms with Crippen molar-refractivity contribution in [2.75, 3.05) is 21.1 Å². The van der Waals surface area contributed by atoms with Crippen LogP contribution in [0.15, 0.2) is 28.7 Å². The molecule has 0 unspecified atom stereocenters. The van der Waals surface area contributed by atoms with Crippen LogP contribution in [0, 0.1) is 0 Å². The van der Waals surface area contributed by atoms with E-state index < -0.39 is 0 Å². The molecule has 1 aliphatic carbocycles. The highest BCUT2D eigenvalue weighted by Gasteiger charge is 2.32. The van der Waals surface area contributed by atoms with Crippen LogP contribution in [-0.2, 0) is 0 Å². The molecule has 0 heterocycles. The molecular weight excluding hydrogens is 352 g/mol. The Bertz CT molecular complexity index is 464. The zero-order chi connectivity index (χ0) is 14.7. The largest absolute Gasteiger partial charge is 0.337 e. The smallest absolute Gasteiger partial charge is 0.253 e. The second kappa shape index (κ2) is 8.16. The van der Waals surface area contributed by atoms with E-state index in [1.54, 1.807) is 0 Å². The number of rotatable bonds is 3. The van der Waals surface area contributed by atoms with Gasteiger partial charge in [0.1, 0.15) is 0 Å². The van der Waals surface area contributed by atoms with Crippen LogP contribution in [0.3, 0.4) is 0 Å². The molecule has 1 aromatic rings. The third kappa shape index (κ3) is 4.44. The van der Waals surface area contributed by atoms with Crippen molar-refractivity contribution in [1.82, 2.24) is 9.80 Å². The average molecular weight is 376 g/mol. The molecule has 0 saturated heterocycles. The number of amides is 1. The molecule has 0 radical (unpaired) electrons. The second-order valence-corrected chi connectivity index (χ2v) is 6.72. The maximum absolute atomic E-state index is 12.6. The van der Waals surface area contributed by atoms with E-state index in [2.05, 4.69) is 34.9 Å². The van der Waals surface area contributed by atoms with E-state index in [0.29, 0.717) is 12.1 Å². The zero-order valence-electron chi connectivity index (χ0n) is 12.9. The van der Waals surface area contributed by atoms with Crippen LogP contribution in [0.5, 0.6) is 0 Å². The summed E-state index contributed by atoms with van der Waals surface area (Å²) in [5.41, 5.74) is 0.763. The SMILES string of the molecule is CN(C)[C@H]1CCCC[C@@H]1N(C)C(=O)c1ccc(Br)cc1.Cl. The van der Waals surface area contributed by atoms with Crippen LogP contribution < -0.4 is 0 Å². The molecule has 1 fully saturated rings. The molecule has 0 N–H and O–H groups in total. The molecule has 21 heavy (non-hydrogen) atoms. The topological polar surface area (TPSA) is 23.6 Å². The molecule has 2 atom stereocenters. The Labute approximate surface area is 142 Å². The van der Waals surface area contributed by atoms with Crippen molar-refractivity contribution in [2.45, 2.75) is 37.8 Å². The predicted octanol–water partition coefficient (Wildman–Crippen LogP) is 3.82. The molecule has 0 aliphatic heterocycles. The fourth-order valence-corrected chi connectivity index (χ4v) is 3.36. The van der Waals surface area contributed by atoms with Crippen LogP contribution in [0.25, 0.3) is 0 Å². The van der Waals surface area contributed by atoms with Crippen LogP contribution in [0.4, 0.5) is 0 Å². The minimum absolute atomic E-state index is 0. The van der Waals surface area contributed by atoms with Crippen molar-refractivity contribution in [2.24, 2.45) is 0 Å². The summed E-state index contributed by atoms with van der Waals surface area (Å²) in [5, 5.41) is 0. The lowest BCUT2D eigenvalue weighted by Gasteiger charge is -2.41. The standard InChI is InChI=1S/C16H23BrN2O.ClH/c1-18(2)14-6-4-5-7-15(14)19(3)16(20)12-8-10-13(17)11-9-12;/h8-11,14-15H,4-7H2,1-3H3;1H/t14-,15-;/m0./s1. The van der Waals surface area contributed by atoms with Gasteiger partial charge in [-0.3, -0.25) is 4.79 Å². The molecule has 118 valence electrons. The van der Waals surface area contributed by atoms with Crippen molar-refractivity contribution in [3.05, 3.63) is 34.3 Å². The second-order valence-electron chi connectivity index (χ2n) is 5.81. The number of hydrogen-bond acceptors (Lipinski definition) is 2. The van der Waals surface area contributed by atoms with E-state index in [1.807, 2.05) is 36.2 Å². The highest BCUT2D eigenvalue weighted by Crippen LogP contribution is 2.26. The Morgan fingerprint density at radius 2 is 1.57 bits per heavy atom. The summed E-state index contributed by atoms with van der Waals surface area (Å²) < 4.78 is 1.00. The van der Waals surface area contributed by atoms with E-state index >= 15 is 0 Å². The third-order valence-electron chi connectivity index (χ3n) is 4.27. The minimum Gasteiger partial charge on any atom is -0.337 e. The zero-order valence-corrected chi connectivity index (χ0v) is 15.3. The van der Waals surface area contributed by atoms with Gasteiger partial charge in [-0.05, 0) is 51.2 Å². The molecule has 1 aliphatic rings. The van der Waals surface area contributed by atoms with Gasteiger partial charge < -0.3 is 9.80 Å².